The van der Waals surface area contributed by atoms with Gasteiger partial charge in [-0.25, -0.2) is 0 Å². The van der Waals surface area contributed by atoms with Gasteiger partial charge < -0.3 is 10.2 Å². The number of carbonyl (C=O) groups is 2. The van der Waals surface area contributed by atoms with Gasteiger partial charge >= 0.3 is 0 Å². The maximum atomic E-state index is 13.3. The summed E-state index contributed by atoms with van der Waals surface area (Å²) in [6, 6.07) is 15.6. The van der Waals surface area contributed by atoms with Gasteiger partial charge in [0.2, 0.25) is 11.8 Å². The van der Waals surface area contributed by atoms with Crippen molar-refractivity contribution in [1.82, 2.24) is 10.2 Å². The molecule has 4 nitrogen and oxygen atoms in total. The lowest BCUT2D eigenvalue weighted by molar-refractivity contribution is -0.141. The highest BCUT2D eigenvalue weighted by Gasteiger charge is 2.28. The van der Waals surface area contributed by atoms with Crippen molar-refractivity contribution in [3.63, 3.8) is 0 Å². The summed E-state index contributed by atoms with van der Waals surface area (Å²) in [5.41, 5.74) is 4.33. The molecule has 0 bridgehead atoms. The Balaban J connectivity index is 2.24. The van der Waals surface area contributed by atoms with Crippen LogP contribution in [-0.4, -0.2) is 29.3 Å². The predicted octanol–water partition coefficient (Wildman–Crippen LogP) is 4.43. The van der Waals surface area contributed by atoms with E-state index in [9.17, 15) is 9.59 Å². The molecule has 2 amide bonds. The van der Waals surface area contributed by atoms with Crippen molar-refractivity contribution in [1.29, 1.82) is 0 Å². The van der Waals surface area contributed by atoms with Gasteiger partial charge in [0.1, 0.15) is 6.04 Å². The Morgan fingerprint density at radius 1 is 0.897 bits per heavy atom. The van der Waals surface area contributed by atoms with Crippen molar-refractivity contribution in [2.24, 2.45) is 5.92 Å². The summed E-state index contributed by atoms with van der Waals surface area (Å²) in [4.78, 5) is 27.9. The number of amides is 2. The number of aryl methyl sites for hydroxylation is 2. The maximum absolute atomic E-state index is 13.3. The summed E-state index contributed by atoms with van der Waals surface area (Å²) in [5.74, 6) is 0.261. The van der Waals surface area contributed by atoms with E-state index in [1.54, 1.807) is 4.90 Å². The van der Waals surface area contributed by atoms with Gasteiger partial charge in [0.05, 0.1) is 6.42 Å². The standard InChI is InChI=1S/C25H34N2O2/c1-6-23(25(29)26-16-18(2)3)27(17-22-13-9-20(5)10-14-22)24(28)15-21-11-7-19(4)8-12-21/h7-14,18,23H,6,15-17H2,1-5H3,(H,26,29). The van der Waals surface area contributed by atoms with Crippen LogP contribution in [0.4, 0.5) is 0 Å². The first kappa shape index (κ1) is 22.7. The molecule has 1 unspecified atom stereocenters. The molecule has 2 rings (SSSR count). The average molecular weight is 395 g/mol. The minimum Gasteiger partial charge on any atom is -0.354 e. The van der Waals surface area contributed by atoms with E-state index in [4.69, 9.17) is 0 Å². The third-order valence-corrected chi connectivity index (χ3v) is 5.02. The van der Waals surface area contributed by atoms with Crippen LogP contribution in [0.1, 0.15) is 49.4 Å². The van der Waals surface area contributed by atoms with Gasteiger partial charge in [-0.2, -0.15) is 0 Å². The molecule has 0 aliphatic carbocycles. The fourth-order valence-electron chi connectivity index (χ4n) is 3.21. The van der Waals surface area contributed by atoms with Gasteiger partial charge in [-0.1, -0.05) is 80.4 Å². The fraction of sp³-hybridized carbons (Fsp3) is 0.440. The highest BCUT2D eigenvalue weighted by Crippen LogP contribution is 2.16. The van der Waals surface area contributed by atoms with Gasteiger partial charge in [-0.15, -0.1) is 0 Å². The highest BCUT2D eigenvalue weighted by atomic mass is 16.2. The summed E-state index contributed by atoms with van der Waals surface area (Å²) in [7, 11) is 0. The van der Waals surface area contributed by atoms with E-state index in [0.717, 1.165) is 16.7 Å². The van der Waals surface area contributed by atoms with Gasteiger partial charge in [0, 0.05) is 13.1 Å². The lowest BCUT2D eigenvalue weighted by Crippen LogP contribution is -2.50. The van der Waals surface area contributed by atoms with Crippen molar-refractivity contribution in [2.45, 2.75) is 60.0 Å². The molecule has 0 aromatic heterocycles. The van der Waals surface area contributed by atoms with Crippen LogP contribution in [0.5, 0.6) is 0 Å². The third-order valence-electron chi connectivity index (χ3n) is 5.02. The van der Waals surface area contributed by atoms with Crippen LogP contribution < -0.4 is 5.32 Å². The molecule has 0 fully saturated rings. The molecule has 1 atom stereocenters. The number of rotatable bonds is 9. The van der Waals surface area contributed by atoms with Crippen LogP contribution in [0.3, 0.4) is 0 Å². The molecule has 0 heterocycles. The van der Waals surface area contributed by atoms with Gasteiger partial charge in [-0.05, 0) is 37.3 Å². The van der Waals surface area contributed by atoms with E-state index >= 15 is 0 Å². The Kier molecular flexibility index (Phi) is 8.44. The summed E-state index contributed by atoms with van der Waals surface area (Å²) < 4.78 is 0. The zero-order chi connectivity index (χ0) is 21.4. The van der Waals surface area contributed by atoms with Crippen molar-refractivity contribution in [3.05, 3.63) is 70.8 Å². The minimum atomic E-state index is -0.479. The number of benzene rings is 2. The SMILES string of the molecule is CCC(C(=O)NCC(C)C)N(Cc1ccc(C)cc1)C(=O)Cc1ccc(C)cc1. The van der Waals surface area contributed by atoms with Crippen LogP contribution >= 0.6 is 0 Å². The fourth-order valence-corrected chi connectivity index (χ4v) is 3.21. The van der Waals surface area contributed by atoms with Crippen LogP contribution in [0.15, 0.2) is 48.5 Å². The second kappa shape index (κ2) is 10.8. The van der Waals surface area contributed by atoms with Crippen molar-refractivity contribution < 1.29 is 9.59 Å². The minimum absolute atomic E-state index is 0.0269. The maximum Gasteiger partial charge on any atom is 0.242 e. The molecular formula is C25H34N2O2. The molecule has 0 saturated heterocycles. The number of nitrogens with one attached hydrogen (secondary N) is 1. The van der Waals surface area contributed by atoms with Crippen molar-refractivity contribution in [2.75, 3.05) is 6.54 Å². The average Bonchev–Trinajstić information content (AvgIpc) is 2.69. The smallest absolute Gasteiger partial charge is 0.242 e. The molecule has 0 spiro atoms. The molecule has 0 aliphatic rings. The van der Waals surface area contributed by atoms with E-state index in [0.29, 0.717) is 31.8 Å². The Bertz CT molecular complexity index is 795. The molecule has 2 aromatic carbocycles. The molecule has 4 heteroatoms. The molecular weight excluding hydrogens is 360 g/mol. The van der Waals surface area contributed by atoms with E-state index in [-0.39, 0.29) is 11.8 Å². The number of hydrogen-bond acceptors (Lipinski definition) is 2. The molecule has 1 N–H and O–H groups in total. The van der Waals surface area contributed by atoms with Crippen LogP contribution in [0, 0.1) is 19.8 Å². The Morgan fingerprint density at radius 3 is 1.90 bits per heavy atom. The van der Waals surface area contributed by atoms with Crippen molar-refractivity contribution in [3.8, 4) is 0 Å². The molecule has 29 heavy (non-hydrogen) atoms. The summed E-state index contributed by atoms with van der Waals surface area (Å²) in [5, 5.41) is 3.00. The number of nitrogens with zero attached hydrogens (tertiary/aromatic N) is 1. The monoisotopic (exact) mass is 394 g/mol. The first-order valence-corrected chi connectivity index (χ1v) is 10.5. The van der Waals surface area contributed by atoms with Gasteiger partial charge in [-0.3, -0.25) is 9.59 Å². The topological polar surface area (TPSA) is 49.4 Å². The van der Waals surface area contributed by atoms with Crippen LogP contribution in [0.25, 0.3) is 0 Å². The lowest BCUT2D eigenvalue weighted by atomic mass is 10.0. The first-order valence-electron chi connectivity index (χ1n) is 10.5. The molecule has 0 radical (unpaired) electrons. The van der Waals surface area contributed by atoms with Gasteiger partial charge in [0.25, 0.3) is 0 Å². The zero-order valence-electron chi connectivity index (χ0n) is 18.4. The van der Waals surface area contributed by atoms with E-state index in [1.807, 2.05) is 69.3 Å². The second-order valence-electron chi connectivity index (χ2n) is 8.23. The number of carbonyl (C=O) groups excluding carboxylic acids is 2. The van der Waals surface area contributed by atoms with Crippen LogP contribution in [0.2, 0.25) is 0 Å². The summed E-state index contributed by atoms with van der Waals surface area (Å²) in [6.45, 7) is 11.2. The van der Waals surface area contributed by atoms with E-state index in [2.05, 4.69) is 19.2 Å². The second-order valence-corrected chi connectivity index (χ2v) is 8.23. The van der Waals surface area contributed by atoms with Crippen molar-refractivity contribution >= 4 is 11.8 Å². The Hall–Kier alpha value is -2.62. The van der Waals surface area contributed by atoms with Gasteiger partial charge in [0.15, 0.2) is 0 Å². The lowest BCUT2D eigenvalue weighted by Gasteiger charge is -2.31. The molecule has 0 aliphatic heterocycles. The molecule has 0 saturated carbocycles. The summed E-state index contributed by atoms with van der Waals surface area (Å²) >= 11 is 0. The zero-order valence-corrected chi connectivity index (χ0v) is 18.4. The normalized spacial score (nSPS) is 11.9. The Labute approximate surface area is 175 Å². The Morgan fingerprint density at radius 2 is 1.41 bits per heavy atom. The van der Waals surface area contributed by atoms with E-state index in [1.165, 1.54) is 5.56 Å². The quantitative estimate of drug-likeness (QED) is 0.684. The summed E-state index contributed by atoms with van der Waals surface area (Å²) in [6.07, 6.45) is 0.871. The number of hydrogen-bond donors (Lipinski definition) is 1. The highest BCUT2D eigenvalue weighted by molar-refractivity contribution is 5.88. The predicted molar refractivity (Wildman–Crippen MR) is 119 cm³/mol. The largest absolute Gasteiger partial charge is 0.354 e. The molecule has 2 aromatic rings. The van der Waals surface area contributed by atoms with Crippen LogP contribution in [-0.2, 0) is 22.6 Å². The van der Waals surface area contributed by atoms with E-state index < -0.39 is 6.04 Å². The third kappa shape index (κ3) is 7.04. The first-order chi connectivity index (χ1) is 13.8. The molecule has 156 valence electrons.